The van der Waals surface area contributed by atoms with Crippen LogP contribution in [0.2, 0.25) is 0 Å². The first-order valence-electron chi connectivity index (χ1n) is 8.05. The number of nitrogens with zero attached hydrogens (tertiary/aromatic N) is 1. The lowest BCUT2D eigenvalue weighted by atomic mass is 10.0. The quantitative estimate of drug-likeness (QED) is 0.662. The molecule has 0 saturated heterocycles. The minimum atomic E-state index is -0.271. The molecule has 0 bridgehead atoms. The highest BCUT2D eigenvalue weighted by Gasteiger charge is 2.23. The molecular weight excluding hydrogens is 316 g/mol. The second-order valence-corrected chi connectivity index (χ2v) is 5.67. The molecule has 0 aliphatic heterocycles. The monoisotopic (exact) mass is 336 g/mol. The molecule has 2 aromatic heterocycles. The fourth-order valence-electron chi connectivity index (χ4n) is 2.83. The molecule has 128 valence electrons. The lowest BCUT2D eigenvalue weighted by Crippen LogP contribution is -2.28. The Morgan fingerprint density at radius 1 is 1.32 bits per heavy atom. The summed E-state index contributed by atoms with van der Waals surface area (Å²) < 4.78 is 11.1. The van der Waals surface area contributed by atoms with Crippen LogP contribution in [0.25, 0.3) is 11.0 Å². The molecule has 0 unspecified atom stereocenters. The summed E-state index contributed by atoms with van der Waals surface area (Å²) in [5.74, 6) is 0.0121. The third-order valence-corrected chi connectivity index (χ3v) is 4.01. The van der Waals surface area contributed by atoms with E-state index in [1.807, 2.05) is 36.4 Å². The minimum absolute atomic E-state index is 0.198. The summed E-state index contributed by atoms with van der Waals surface area (Å²) in [6.45, 7) is 4.08. The molecule has 1 amide bonds. The van der Waals surface area contributed by atoms with Gasteiger partial charge in [0.15, 0.2) is 5.76 Å². The van der Waals surface area contributed by atoms with Crippen molar-refractivity contribution in [2.45, 2.75) is 19.1 Å². The summed E-state index contributed by atoms with van der Waals surface area (Å²) in [6, 6.07) is 11.1. The van der Waals surface area contributed by atoms with Crippen LogP contribution in [-0.2, 0) is 11.3 Å². The van der Waals surface area contributed by atoms with E-state index >= 15 is 0 Å². The maximum Gasteiger partial charge on any atom is 0.287 e. The summed E-state index contributed by atoms with van der Waals surface area (Å²) in [5, 5.41) is 3.91. The molecule has 3 aromatic rings. The molecular formula is C20H20N2O3. The van der Waals surface area contributed by atoms with Crippen LogP contribution in [0.4, 0.5) is 0 Å². The third-order valence-electron chi connectivity index (χ3n) is 4.01. The van der Waals surface area contributed by atoms with Crippen LogP contribution in [0.15, 0.2) is 65.9 Å². The number of nitrogens with one attached hydrogen (secondary N) is 1. The lowest BCUT2D eigenvalue weighted by molar-refractivity contribution is 0.0904. The predicted octanol–water partition coefficient (Wildman–Crippen LogP) is 4.02. The number of carbonyl (C=O) groups excluding carboxylic acids is 1. The summed E-state index contributed by atoms with van der Waals surface area (Å²) in [7, 11) is 1.60. The number of hydrogen-bond acceptors (Lipinski definition) is 4. The Bertz CT molecular complexity index is 871. The van der Waals surface area contributed by atoms with Gasteiger partial charge in [0.1, 0.15) is 5.58 Å². The highest BCUT2D eigenvalue weighted by molar-refractivity contribution is 5.99. The van der Waals surface area contributed by atoms with E-state index < -0.39 is 0 Å². The zero-order valence-electron chi connectivity index (χ0n) is 14.1. The maximum absolute atomic E-state index is 12.9. The number of furan rings is 1. The zero-order valence-corrected chi connectivity index (χ0v) is 14.1. The number of rotatable bonds is 7. The minimum Gasteiger partial charge on any atom is -0.451 e. The molecule has 0 saturated carbocycles. The van der Waals surface area contributed by atoms with Gasteiger partial charge in [-0.15, -0.1) is 6.58 Å². The Morgan fingerprint density at radius 2 is 2.08 bits per heavy atom. The first-order valence-corrected chi connectivity index (χ1v) is 8.05. The molecule has 1 aromatic carbocycles. The van der Waals surface area contributed by atoms with E-state index in [2.05, 4.69) is 16.9 Å². The second-order valence-electron chi connectivity index (χ2n) is 5.67. The van der Waals surface area contributed by atoms with Crippen LogP contribution < -0.4 is 5.32 Å². The summed E-state index contributed by atoms with van der Waals surface area (Å²) in [4.78, 5) is 16.9. The number of fused-ring (bicyclic) bond motifs is 1. The van der Waals surface area contributed by atoms with E-state index in [0.717, 1.165) is 16.5 Å². The molecule has 3 rings (SSSR count). The number of methoxy groups -OCH3 is 1. The van der Waals surface area contributed by atoms with Crippen molar-refractivity contribution in [2.24, 2.45) is 0 Å². The molecule has 2 heterocycles. The number of ether oxygens (including phenoxy) is 1. The van der Waals surface area contributed by atoms with Gasteiger partial charge in [0.25, 0.3) is 5.91 Å². The van der Waals surface area contributed by atoms with Crippen molar-refractivity contribution in [3.8, 4) is 0 Å². The van der Waals surface area contributed by atoms with Gasteiger partial charge in [0.05, 0.1) is 12.6 Å². The van der Waals surface area contributed by atoms with E-state index in [1.54, 1.807) is 25.6 Å². The first-order chi connectivity index (χ1) is 12.2. The molecule has 0 spiro atoms. The van der Waals surface area contributed by atoms with Crippen molar-refractivity contribution < 1.29 is 13.9 Å². The zero-order chi connectivity index (χ0) is 17.6. The van der Waals surface area contributed by atoms with Crippen LogP contribution >= 0.6 is 0 Å². The SMILES string of the molecule is C=CC[C@@H](NC(=O)c1oc2ccccc2c1COC)c1ccncc1. The summed E-state index contributed by atoms with van der Waals surface area (Å²) >= 11 is 0. The molecule has 5 heteroatoms. The molecule has 25 heavy (non-hydrogen) atoms. The summed E-state index contributed by atoms with van der Waals surface area (Å²) in [5.41, 5.74) is 2.39. The van der Waals surface area contributed by atoms with Gasteiger partial charge in [0, 0.05) is 30.5 Å². The van der Waals surface area contributed by atoms with Gasteiger partial charge in [-0.1, -0.05) is 24.3 Å². The van der Waals surface area contributed by atoms with Crippen LogP contribution in [-0.4, -0.2) is 18.0 Å². The van der Waals surface area contributed by atoms with E-state index in [4.69, 9.17) is 9.15 Å². The first kappa shape index (κ1) is 16.9. The van der Waals surface area contributed by atoms with Gasteiger partial charge in [-0.2, -0.15) is 0 Å². The Labute approximate surface area is 146 Å². The average molecular weight is 336 g/mol. The van der Waals surface area contributed by atoms with Gasteiger partial charge in [-0.3, -0.25) is 9.78 Å². The van der Waals surface area contributed by atoms with E-state index in [1.165, 1.54) is 0 Å². The van der Waals surface area contributed by atoms with Crippen molar-refractivity contribution in [3.05, 3.63) is 78.3 Å². The number of hydrogen-bond donors (Lipinski definition) is 1. The van der Waals surface area contributed by atoms with Crippen LogP contribution in [0, 0.1) is 0 Å². The Balaban J connectivity index is 1.93. The Morgan fingerprint density at radius 3 is 2.80 bits per heavy atom. The Hall–Kier alpha value is -2.92. The molecule has 0 aliphatic carbocycles. The second kappa shape index (κ2) is 7.77. The van der Waals surface area contributed by atoms with Gasteiger partial charge in [0.2, 0.25) is 0 Å². The maximum atomic E-state index is 12.9. The predicted molar refractivity (Wildman–Crippen MR) is 96.2 cm³/mol. The number of pyridine rings is 1. The molecule has 0 aliphatic rings. The normalized spacial score (nSPS) is 12.0. The number of aromatic nitrogens is 1. The van der Waals surface area contributed by atoms with Crippen molar-refractivity contribution in [3.63, 3.8) is 0 Å². The van der Waals surface area contributed by atoms with Gasteiger partial charge < -0.3 is 14.5 Å². The number of amides is 1. The Kier molecular flexibility index (Phi) is 5.26. The standard InChI is InChI=1S/C20H20N2O3/c1-3-6-17(14-9-11-21-12-10-14)22-20(23)19-16(13-24-2)15-7-4-5-8-18(15)25-19/h3-5,7-12,17H,1,6,13H2,2H3,(H,22,23)/t17-/m1/s1. The fraction of sp³-hybridized carbons (Fsp3) is 0.200. The molecule has 1 N–H and O–H groups in total. The van der Waals surface area contributed by atoms with Gasteiger partial charge in [-0.25, -0.2) is 0 Å². The smallest absolute Gasteiger partial charge is 0.287 e. The van der Waals surface area contributed by atoms with Crippen molar-refractivity contribution in [2.75, 3.05) is 7.11 Å². The molecule has 0 fully saturated rings. The number of para-hydroxylation sites is 1. The average Bonchev–Trinajstić information content (AvgIpc) is 3.01. The number of benzene rings is 1. The third kappa shape index (κ3) is 3.61. The molecule has 5 nitrogen and oxygen atoms in total. The van der Waals surface area contributed by atoms with Crippen LogP contribution in [0.3, 0.4) is 0 Å². The largest absolute Gasteiger partial charge is 0.451 e. The van der Waals surface area contributed by atoms with Crippen molar-refractivity contribution in [1.29, 1.82) is 0 Å². The van der Waals surface area contributed by atoms with Crippen LogP contribution in [0.1, 0.15) is 34.1 Å². The van der Waals surface area contributed by atoms with Gasteiger partial charge in [-0.05, 0) is 30.2 Å². The fourth-order valence-corrected chi connectivity index (χ4v) is 2.83. The number of carbonyl (C=O) groups is 1. The topological polar surface area (TPSA) is 64.4 Å². The lowest BCUT2D eigenvalue weighted by Gasteiger charge is -2.17. The van der Waals surface area contributed by atoms with Crippen molar-refractivity contribution >= 4 is 16.9 Å². The van der Waals surface area contributed by atoms with E-state index in [9.17, 15) is 4.79 Å². The van der Waals surface area contributed by atoms with E-state index in [0.29, 0.717) is 18.6 Å². The van der Waals surface area contributed by atoms with Crippen molar-refractivity contribution in [1.82, 2.24) is 10.3 Å². The van der Waals surface area contributed by atoms with E-state index in [-0.39, 0.29) is 17.7 Å². The summed E-state index contributed by atoms with van der Waals surface area (Å²) in [6.07, 6.45) is 5.79. The highest BCUT2D eigenvalue weighted by atomic mass is 16.5. The molecule has 0 radical (unpaired) electrons. The van der Waals surface area contributed by atoms with Crippen LogP contribution in [0.5, 0.6) is 0 Å². The highest BCUT2D eigenvalue weighted by Crippen LogP contribution is 2.27. The van der Waals surface area contributed by atoms with Gasteiger partial charge >= 0.3 is 0 Å². The molecule has 1 atom stereocenters.